The van der Waals surface area contributed by atoms with Gasteiger partial charge in [-0.1, -0.05) is 6.92 Å². The van der Waals surface area contributed by atoms with Gasteiger partial charge in [0.2, 0.25) is 0 Å². The molecule has 0 aromatic heterocycles. The van der Waals surface area contributed by atoms with Crippen molar-refractivity contribution >= 4 is 11.9 Å². The van der Waals surface area contributed by atoms with E-state index in [1.165, 1.54) is 0 Å². The van der Waals surface area contributed by atoms with Gasteiger partial charge in [0.25, 0.3) is 6.10 Å². The van der Waals surface area contributed by atoms with Gasteiger partial charge in [-0.05, 0) is 20.3 Å². The van der Waals surface area contributed by atoms with Gasteiger partial charge >= 0.3 is 11.9 Å². The highest BCUT2D eigenvalue weighted by atomic mass is 16.6. The number of hydrogen-bond donors (Lipinski definition) is 1. The van der Waals surface area contributed by atoms with Crippen LogP contribution in [0.2, 0.25) is 0 Å². The van der Waals surface area contributed by atoms with E-state index in [4.69, 9.17) is 14.6 Å². The predicted molar refractivity (Wildman–Crippen MR) is 48.9 cm³/mol. The fraction of sp³-hybridized carbons (Fsp3) is 0.778. The molecule has 0 saturated heterocycles. The first-order valence-electron chi connectivity index (χ1n) is 4.54. The van der Waals surface area contributed by atoms with Crippen LogP contribution in [0.1, 0.15) is 27.2 Å². The molecule has 0 aliphatic heterocycles. The number of carbonyl (C=O) groups excluding carboxylic acids is 1. The standard InChI is InChI=1S/C9H16O5/c1-4-5-13-7(8(10)11)9(12)14-6(2)3/h6-7H,4-5H2,1-3H3,(H,10,11). The second-order valence-corrected chi connectivity index (χ2v) is 3.07. The molecule has 0 spiro atoms. The number of rotatable bonds is 6. The van der Waals surface area contributed by atoms with Crippen molar-refractivity contribution in [2.75, 3.05) is 6.61 Å². The van der Waals surface area contributed by atoms with Crippen LogP contribution >= 0.6 is 0 Å². The molecule has 0 amide bonds. The van der Waals surface area contributed by atoms with Crippen molar-refractivity contribution in [1.82, 2.24) is 0 Å². The quantitative estimate of drug-likeness (QED) is 0.512. The second-order valence-electron chi connectivity index (χ2n) is 3.07. The van der Waals surface area contributed by atoms with Crippen molar-refractivity contribution in [2.24, 2.45) is 0 Å². The summed E-state index contributed by atoms with van der Waals surface area (Å²) in [5, 5.41) is 8.66. The third kappa shape index (κ3) is 4.81. The minimum atomic E-state index is -1.50. The summed E-state index contributed by atoms with van der Waals surface area (Å²) < 4.78 is 9.57. The Morgan fingerprint density at radius 2 is 1.93 bits per heavy atom. The van der Waals surface area contributed by atoms with Gasteiger partial charge < -0.3 is 14.6 Å². The molecule has 82 valence electrons. The van der Waals surface area contributed by atoms with Crippen molar-refractivity contribution in [3.05, 3.63) is 0 Å². The number of carboxylic acid groups (broad SMARTS) is 1. The molecular weight excluding hydrogens is 188 g/mol. The summed E-state index contributed by atoms with van der Waals surface area (Å²) in [5.41, 5.74) is 0. The molecule has 0 aliphatic carbocycles. The molecule has 0 saturated carbocycles. The minimum absolute atomic E-state index is 0.226. The third-order valence-corrected chi connectivity index (χ3v) is 1.28. The molecular formula is C9H16O5. The number of esters is 1. The Bertz CT molecular complexity index is 199. The molecule has 0 bridgehead atoms. The molecule has 0 fully saturated rings. The lowest BCUT2D eigenvalue weighted by Gasteiger charge is -2.14. The van der Waals surface area contributed by atoms with Crippen LogP contribution in [0.4, 0.5) is 0 Å². The summed E-state index contributed by atoms with van der Waals surface area (Å²) in [6.45, 7) is 5.35. The van der Waals surface area contributed by atoms with Crippen LogP contribution < -0.4 is 0 Å². The first-order chi connectivity index (χ1) is 6.49. The zero-order chi connectivity index (χ0) is 11.1. The molecule has 0 rings (SSSR count). The van der Waals surface area contributed by atoms with E-state index in [-0.39, 0.29) is 12.7 Å². The lowest BCUT2D eigenvalue weighted by molar-refractivity contribution is -0.172. The van der Waals surface area contributed by atoms with E-state index >= 15 is 0 Å². The SMILES string of the molecule is CCCOC(C(=O)O)C(=O)OC(C)C. The number of carboxylic acids is 1. The van der Waals surface area contributed by atoms with Crippen molar-refractivity contribution in [1.29, 1.82) is 0 Å². The summed E-state index contributed by atoms with van der Waals surface area (Å²) in [5.74, 6) is -2.16. The maximum absolute atomic E-state index is 11.2. The fourth-order valence-electron chi connectivity index (χ4n) is 0.770. The Morgan fingerprint density at radius 3 is 2.29 bits per heavy atom. The first-order valence-corrected chi connectivity index (χ1v) is 4.54. The van der Waals surface area contributed by atoms with Crippen molar-refractivity contribution in [3.8, 4) is 0 Å². The van der Waals surface area contributed by atoms with Crippen molar-refractivity contribution in [3.63, 3.8) is 0 Å². The number of hydrogen-bond acceptors (Lipinski definition) is 4. The molecule has 0 aromatic carbocycles. The van der Waals surface area contributed by atoms with Crippen LogP contribution in [0.5, 0.6) is 0 Å². The van der Waals surface area contributed by atoms with E-state index in [1.54, 1.807) is 13.8 Å². The topological polar surface area (TPSA) is 72.8 Å². The van der Waals surface area contributed by atoms with Crippen molar-refractivity contribution < 1.29 is 24.2 Å². The van der Waals surface area contributed by atoms with Crippen molar-refractivity contribution in [2.45, 2.75) is 39.4 Å². The highest BCUT2D eigenvalue weighted by Crippen LogP contribution is 2.00. The van der Waals surface area contributed by atoms with Gasteiger partial charge in [-0.3, -0.25) is 0 Å². The van der Waals surface area contributed by atoms with Crippen LogP contribution in [-0.2, 0) is 19.1 Å². The molecule has 1 N–H and O–H groups in total. The summed E-state index contributed by atoms with van der Waals surface area (Å²) in [7, 11) is 0. The number of ether oxygens (including phenoxy) is 2. The zero-order valence-corrected chi connectivity index (χ0v) is 8.65. The number of aliphatic carboxylic acids is 1. The van der Waals surface area contributed by atoms with Crippen LogP contribution in [0, 0.1) is 0 Å². The molecule has 5 heteroatoms. The smallest absolute Gasteiger partial charge is 0.347 e. The Labute approximate surface area is 83.0 Å². The lowest BCUT2D eigenvalue weighted by atomic mass is 10.3. The van der Waals surface area contributed by atoms with Crippen LogP contribution in [-0.4, -0.2) is 35.9 Å². The van der Waals surface area contributed by atoms with E-state index < -0.39 is 18.0 Å². The summed E-state index contributed by atoms with van der Waals surface area (Å²) in [4.78, 5) is 21.8. The van der Waals surface area contributed by atoms with Gasteiger partial charge in [0.05, 0.1) is 6.10 Å². The monoisotopic (exact) mass is 204 g/mol. The molecule has 5 nitrogen and oxygen atoms in total. The van der Waals surface area contributed by atoms with Crippen LogP contribution in [0.3, 0.4) is 0 Å². The Hall–Kier alpha value is -1.10. The van der Waals surface area contributed by atoms with Gasteiger partial charge in [-0.2, -0.15) is 0 Å². The average molecular weight is 204 g/mol. The highest BCUT2D eigenvalue weighted by Gasteiger charge is 2.29. The molecule has 1 unspecified atom stereocenters. The molecule has 0 heterocycles. The molecule has 0 aliphatic rings. The zero-order valence-electron chi connectivity index (χ0n) is 8.65. The molecule has 14 heavy (non-hydrogen) atoms. The minimum Gasteiger partial charge on any atom is -0.479 e. The van der Waals surface area contributed by atoms with E-state index in [0.29, 0.717) is 6.42 Å². The van der Waals surface area contributed by atoms with Gasteiger partial charge in [0.1, 0.15) is 0 Å². The second kappa shape index (κ2) is 6.37. The number of carbonyl (C=O) groups is 2. The maximum atomic E-state index is 11.2. The summed E-state index contributed by atoms with van der Waals surface area (Å²) in [6.07, 6.45) is -1.19. The summed E-state index contributed by atoms with van der Waals surface area (Å²) >= 11 is 0. The molecule has 0 radical (unpaired) electrons. The van der Waals surface area contributed by atoms with Gasteiger partial charge in [-0.15, -0.1) is 0 Å². The average Bonchev–Trinajstić information content (AvgIpc) is 2.02. The van der Waals surface area contributed by atoms with E-state index in [0.717, 1.165) is 0 Å². The fourth-order valence-corrected chi connectivity index (χ4v) is 0.770. The predicted octanol–water partition coefficient (Wildman–Crippen LogP) is 0.818. The normalized spacial score (nSPS) is 12.6. The van der Waals surface area contributed by atoms with E-state index in [9.17, 15) is 9.59 Å². The maximum Gasteiger partial charge on any atom is 0.347 e. The highest BCUT2D eigenvalue weighted by molar-refractivity contribution is 5.97. The van der Waals surface area contributed by atoms with Gasteiger partial charge in [0, 0.05) is 6.61 Å². The first kappa shape index (κ1) is 12.9. The Kier molecular flexibility index (Phi) is 5.87. The third-order valence-electron chi connectivity index (χ3n) is 1.28. The van der Waals surface area contributed by atoms with Gasteiger partial charge in [-0.25, -0.2) is 9.59 Å². The Balaban J connectivity index is 4.19. The molecule has 1 atom stereocenters. The Morgan fingerprint density at radius 1 is 1.36 bits per heavy atom. The van der Waals surface area contributed by atoms with Gasteiger partial charge in [0.15, 0.2) is 0 Å². The largest absolute Gasteiger partial charge is 0.479 e. The molecule has 0 aromatic rings. The van der Waals surface area contributed by atoms with E-state index in [1.807, 2.05) is 6.92 Å². The summed E-state index contributed by atoms with van der Waals surface area (Å²) in [6, 6.07) is 0. The van der Waals surface area contributed by atoms with E-state index in [2.05, 4.69) is 0 Å². The van der Waals surface area contributed by atoms with Crippen LogP contribution in [0.25, 0.3) is 0 Å². The van der Waals surface area contributed by atoms with Crippen LogP contribution in [0.15, 0.2) is 0 Å². The lowest BCUT2D eigenvalue weighted by Crippen LogP contribution is -2.36.